The van der Waals surface area contributed by atoms with Gasteiger partial charge in [-0.25, -0.2) is 0 Å². The van der Waals surface area contributed by atoms with Crippen molar-refractivity contribution < 1.29 is 24.2 Å². The molecule has 1 aromatic rings. The summed E-state index contributed by atoms with van der Waals surface area (Å²) in [6, 6.07) is 5.83. The van der Waals surface area contributed by atoms with Crippen LogP contribution in [0.2, 0.25) is 0 Å². The van der Waals surface area contributed by atoms with Gasteiger partial charge in [-0.1, -0.05) is 32.3 Å². The first-order valence-electron chi connectivity index (χ1n) is 14.9. The molecule has 8 heteroatoms. The Morgan fingerprint density at radius 3 is 2.44 bits per heavy atom. The van der Waals surface area contributed by atoms with Crippen molar-refractivity contribution in [2.75, 3.05) is 53.6 Å². The number of carbonyl (C=O) groups is 2. The number of hydrogen-bond acceptors (Lipinski definition) is 6. The van der Waals surface area contributed by atoms with Gasteiger partial charge in [0.25, 0.3) is 5.91 Å². The van der Waals surface area contributed by atoms with Crippen LogP contribution >= 0.6 is 0 Å². The van der Waals surface area contributed by atoms with E-state index in [2.05, 4.69) is 26.1 Å². The van der Waals surface area contributed by atoms with Crippen molar-refractivity contribution in [1.29, 1.82) is 0 Å². The summed E-state index contributed by atoms with van der Waals surface area (Å²) in [4.78, 5) is 30.5. The minimum absolute atomic E-state index is 0.00370. The van der Waals surface area contributed by atoms with Crippen molar-refractivity contribution in [2.45, 2.75) is 83.8 Å². The highest BCUT2D eigenvalue weighted by Gasteiger charge is 2.36. The molecule has 3 rings (SSSR count). The normalized spacial score (nSPS) is 20.7. The number of nitrogens with zero attached hydrogens (tertiary/aromatic N) is 2. The largest absolute Gasteiger partial charge is 0.493 e. The van der Waals surface area contributed by atoms with Gasteiger partial charge in [0, 0.05) is 65.0 Å². The molecule has 39 heavy (non-hydrogen) atoms. The highest BCUT2D eigenvalue weighted by atomic mass is 16.5. The number of aryl methyl sites for hydroxylation is 1. The molecule has 0 aromatic heterocycles. The molecule has 1 aliphatic carbocycles. The van der Waals surface area contributed by atoms with Gasteiger partial charge >= 0.3 is 0 Å². The maximum Gasteiger partial charge on any atom is 0.254 e. The molecule has 1 heterocycles. The van der Waals surface area contributed by atoms with E-state index in [-0.39, 0.29) is 36.1 Å². The van der Waals surface area contributed by atoms with E-state index in [0.717, 1.165) is 56.5 Å². The first-order valence-corrected chi connectivity index (χ1v) is 14.9. The molecule has 2 atom stereocenters. The summed E-state index contributed by atoms with van der Waals surface area (Å²) in [5, 5.41) is 14.3. The van der Waals surface area contributed by atoms with Crippen molar-refractivity contribution in [2.24, 2.45) is 11.8 Å². The van der Waals surface area contributed by atoms with Crippen molar-refractivity contribution >= 4 is 11.8 Å². The SMILES string of the molecule is CCc1ccc(C(=O)N(C[C@@H]2CNC[C@H]2CN(C)C(=O)CC2(O)CCCCC2)C(C)C)cc1OCCCOC. The first kappa shape index (κ1) is 31.4. The summed E-state index contributed by atoms with van der Waals surface area (Å²) in [5.41, 5.74) is 0.876. The highest BCUT2D eigenvalue weighted by molar-refractivity contribution is 5.95. The topological polar surface area (TPSA) is 91.3 Å². The fraction of sp³-hybridized carbons (Fsp3) is 0.742. The summed E-state index contributed by atoms with van der Waals surface area (Å²) in [6.45, 7) is 10.3. The van der Waals surface area contributed by atoms with Gasteiger partial charge in [0.15, 0.2) is 0 Å². The van der Waals surface area contributed by atoms with Gasteiger partial charge < -0.3 is 29.7 Å². The third-order valence-corrected chi connectivity index (χ3v) is 8.44. The van der Waals surface area contributed by atoms with Crippen LogP contribution in [0.3, 0.4) is 0 Å². The number of amides is 2. The minimum Gasteiger partial charge on any atom is -0.493 e. The van der Waals surface area contributed by atoms with E-state index in [1.165, 1.54) is 0 Å². The monoisotopic (exact) mass is 545 g/mol. The Morgan fingerprint density at radius 2 is 1.79 bits per heavy atom. The molecule has 1 saturated heterocycles. The molecule has 0 bridgehead atoms. The van der Waals surface area contributed by atoms with E-state index < -0.39 is 5.60 Å². The van der Waals surface area contributed by atoms with Crippen LogP contribution in [-0.4, -0.2) is 91.9 Å². The van der Waals surface area contributed by atoms with Gasteiger partial charge in [-0.2, -0.15) is 0 Å². The second kappa shape index (κ2) is 15.0. The lowest BCUT2D eigenvalue weighted by Crippen LogP contribution is -2.45. The van der Waals surface area contributed by atoms with Gasteiger partial charge in [0.05, 0.1) is 18.6 Å². The molecule has 220 valence electrons. The predicted octanol–water partition coefficient (Wildman–Crippen LogP) is 3.89. The summed E-state index contributed by atoms with van der Waals surface area (Å²) in [6.07, 6.45) is 6.37. The average Bonchev–Trinajstić information content (AvgIpc) is 3.35. The Labute approximate surface area is 235 Å². The number of rotatable bonds is 14. The lowest BCUT2D eigenvalue weighted by Gasteiger charge is -2.35. The predicted molar refractivity (Wildman–Crippen MR) is 154 cm³/mol. The fourth-order valence-electron chi connectivity index (χ4n) is 5.92. The van der Waals surface area contributed by atoms with Crippen molar-refractivity contribution in [3.63, 3.8) is 0 Å². The van der Waals surface area contributed by atoms with Crippen molar-refractivity contribution in [1.82, 2.24) is 15.1 Å². The zero-order valence-electron chi connectivity index (χ0n) is 24.8. The number of methoxy groups -OCH3 is 1. The Balaban J connectivity index is 1.64. The average molecular weight is 546 g/mol. The molecular weight excluding hydrogens is 494 g/mol. The van der Waals surface area contributed by atoms with E-state index in [1.54, 1.807) is 12.0 Å². The Morgan fingerprint density at radius 1 is 1.10 bits per heavy atom. The van der Waals surface area contributed by atoms with Crippen LogP contribution in [-0.2, 0) is 16.0 Å². The Kier molecular flexibility index (Phi) is 12.1. The van der Waals surface area contributed by atoms with Crippen LogP contribution in [0.5, 0.6) is 5.75 Å². The zero-order valence-corrected chi connectivity index (χ0v) is 24.8. The molecule has 1 saturated carbocycles. The number of carbonyl (C=O) groups excluding carboxylic acids is 2. The standard InChI is InChI=1S/C31H51N3O5/c1-6-24-11-12-25(17-28(24)39-16-10-15-38-5)30(36)34(23(2)3)22-27-20-32-19-26(27)21-33(4)29(35)18-31(37)13-8-7-9-14-31/h11-12,17,23,26-27,32,37H,6-10,13-16,18-22H2,1-5H3/t26-,27-/m0/s1. The Bertz CT molecular complexity index is 931. The molecule has 0 unspecified atom stereocenters. The lowest BCUT2D eigenvalue weighted by atomic mass is 9.82. The molecule has 2 aliphatic rings. The Hall–Kier alpha value is -2.16. The number of benzene rings is 1. The van der Waals surface area contributed by atoms with E-state index in [9.17, 15) is 14.7 Å². The first-order chi connectivity index (χ1) is 18.7. The quantitative estimate of drug-likeness (QED) is 0.345. The third kappa shape index (κ3) is 8.92. The summed E-state index contributed by atoms with van der Waals surface area (Å²) < 4.78 is 11.1. The summed E-state index contributed by atoms with van der Waals surface area (Å²) in [5.74, 6) is 1.27. The summed E-state index contributed by atoms with van der Waals surface area (Å²) >= 11 is 0. The van der Waals surface area contributed by atoms with Crippen LogP contribution in [0.15, 0.2) is 18.2 Å². The molecule has 2 amide bonds. The molecular formula is C31H51N3O5. The third-order valence-electron chi connectivity index (χ3n) is 8.44. The molecule has 0 spiro atoms. The highest BCUT2D eigenvalue weighted by Crippen LogP contribution is 2.32. The summed E-state index contributed by atoms with van der Waals surface area (Å²) in [7, 11) is 3.53. The fourth-order valence-corrected chi connectivity index (χ4v) is 5.92. The van der Waals surface area contributed by atoms with Gasteiger partial charge in [-0.15, -0.1) is 0 Å². The van der Waals surface area contributed by atoms with Crippen molar-refractivity contribution in [3.05, 3.63) is 29.3 Å². The van der Waals surface area contributed by atoms with E-state index in [1.807, 2.05) is 30.1 Å². The second-order valence-electron chi connectivity index (χ2n) is 11.8. The number of hydrogen-bond donors (Lipinski definition) is 2. The van der Waals surface area contributed by atoms with Gasteiger partial charge in [0.2, 0.25) is 5.91 Å². The molecule has 2 N–H and O–H groups in total. The molecule has 0 radical (unpaired) electrons. The van der Waals surface area contributed by atoms with Gasteiger partial charge in [0.1, 0.15) is 5.75 Å². The van der Waals surface area contributed by atoms with E-state index >= 15 is 0 Å². The van der Waals surface area contributed by atoms with Crippen LogP contribution < -0.4 is 10.1 Å². The van der Waals surface area contributed by atoms with Crippen LogP contribution in [0.1, 0.15) is 81.6 Å². The molecule has 2 fully saturated rings. The van der Waals surface area contributed by atoms with Gasteiger partial charge in [-0.3, -0.25) is 9.59 Å². The number of aliphatic hydroxyl groups is 1. The number of ether oxygens (including phenoxy) is 2. The molecule has 1 aliphatic heterocycles. The van der Waals surface area contributed by atoms with Crippen molar-refractivity contribution in [3.8, 4) is 5.75 Å². The van der Waals surface area contributed by atoms with Crippen LogP contribution in [0.4, 0.5) is 0 Å². The molecule has 1 aromatic carbocycles. The minimum atomic E-state index is -0.850. The molecule has 8 nitrogen and oxygen atoms in total. The smallest absolute Gasteiger partial charge is 0.254 e. The maximum absolute atomic E-state index is 13.7. The van der Waals surface area contributed by atoms with E-state index in [4.69, 9.17) is 9.47 Å². The van der Waals surface area contributed by atoms with E-state index in [0.29, 0.717) is 44.7 Å². The van der Waals surface area contributed by atoms with Crippen LogP contribution in [0.25, 0.3) is 0 Å². The van der Waals surface area contributed by atoms with Gasteiger partial charge in [-0.05, 0) is 62.6 Å². The second-order valence-corrected chi connectivity index (χ2v) is 11.8. The number of nitrogens with one attached hydrogen (secondary N) is 1. The zero-order chi connectivity index (χ0) is 28.4. The maximum atomic E-state index is 13.7. The van der Waals surface area contributed by atoms with Crippen LogP contribution in [0, 0.1) is 11.8 Å². The lowest BCUT2D eigenvalue weighted by molar-refractivity contribution is -0.137.